The average molecular weight is 370 g/mol. The number of carbonyl (C=O) groups excluding carboxylic acids is 2. The van der Waals surface area contributed by atoms with Crippen LogP contribution in [-0.4, -0.2) is 28.8 Å². The van der Waals surface area contributed by atoms with Crippen molar-refractivity contribution in [3.8, 4) is 0 Å². The molecule has 0 saturated heterocycles. The summed E-state index contributed by atoms with van der Waals surface area (Å²) in [7, 11) is 0. The zero-order chi connectivity index (χ0) is 19.7. The van der Waals surface area contributed by atoms with E-state index in [9.17, 15) is 22.8 Å². The number of amides is 2. The Morgan fingerprint density at radius 1 is 1.19 bits per heavy atom. The van der Waals surface area contributed by atoms with Crippen molar-refractivity contribution in [3.05, 3.63) is 35.4 Å². The van der Waals surface area contributed by atoms with Crippen molar-refractivity contribution in [1.82, 2.24) is 10.2 Å². The van der Waals surface area contributed by atoms with Gasteiger partial charge in [-0.15, -0.1) is 0 Å². The second kappa shape index (κ2) is 7.29. The number of nitrogens with zero attached hydrogens (tertiary/aromatic N) is 1. The minimum Gasteiger partial charge on any atom is -0.344 e. The largest absolute Gasteiger partial charge is 0.416 e. The molecule has 1 aliphatic carbocycles. The van der Waals surface area contributed by atoms with Crippen LogP contribution in [0.5, 0.6) is 0 Å². The molecule has 1 aromatic rings. The van der Waals surface area contributed by atoms with Gasteiger partial charge in [-0.1, -0.05) is 39.0 Å². The summed E-state index contributed by atoms with van der Waals surface area (Å²) >= 11 is 0. The molecular formula is C19H25F3N2O2. The molecule has 144 valence electrons. The van der Waals surface area contributed by atoms with E-state index in [4.69, 9.17) is 0 Å². The third kappa shape index (κ3) is 4.99. The van der Waals surface area contributed by atoms with Crippen LogP contribution < -0.4 is 5.32 Å². The van der Waals surface area contributed by atoms with E-state index in [0.717, 1.165) is 18.9 Å². The summed E-state index contributed by atoms with van der Waals surface area (Å²) in [6, 6.07) is 4.42. The highest BCUT2D eigenvalue weighted by molar-refractivity contribution is 5.89. The zero-order valence-electron chi connectivity index (χ0n) is 15.5. The fourth-order valence-electron chi connectivity index (χ4n) is 2.62. The molecule has 1 saturated carbocycles. The fourth-order valence-corrected chi connectivity index (χ4v) is 2.62. The maximum absolute atomic E-state index is 13.2. The van der Waals surface area contributed by atoms with Crippen LogP contribution >= 0.6 is 0 Å². The van der Waals surface area contributed by atoms with Crippen molar-refractivity contribution >= 4 is 11.8 Å². The third-order valence-corrected chi connectivity index (χ3v) is 4.33. The van der Waals surface area contributed by atoms with Crippen molar-refractivity contribution in [2.45, 2.75) is 65.3 Å². The molecule has 0 bridgehead atoms. The number of hydrogen-bond donors (Lipinski definition) is 1. The summed E-state index contributed by atoms with van der Waals surface area (Å²) in [5.41, 5.74) is -1.32. The van der Waals surface area contributed by atoms with E-state index in [1.54, 1.807) is 27.7 Å². The molecule has 0 aromatic heterocycles. The number of rotatable bonds is 5. The monoisotopic (exact) mass is 370 g/mol. The lowest BCUT2D eigenvalue weighted by molar-refractivity contribution is -0.141. The van der Waals surface area contributed by atoms with Gasteiger partial charge in [-0.3, -0.25) is 9.59 Å². The molecule has 1 aliphatic rings. The fraction of sp³-hybridized carbons (Fsp3) is 0.579. The Balaban J connectivity index is 2.18. The molecule has 2 amide bonds. The van der Waals surface area contributed by atoms with Crippen LogP contribution in [0.4, 0.5) is 13.2 Å². The maximum Gasteiger partial charge on any atom is 0.416 e. The van der Waals surface area contributed by atoms with Gasteiger partial charge in [-0.2, -0.15) is 13.2 Å². The van der Waals surface area contributed by atoms with E-state index in [1.807, 2.05) is 0 Å². The lowest BCUT2D eigenvalue weighted by atomic mass is 9.95. The molecule has 1 N–H and O–H groups in total. The molecule has 4 nitrogen and oxygen atoms in total. The number of alkyl halides is 3. The van der Waals surface area contributed by atoms with E-state index in [1.165, 1.54) is 23.1 Å². The van der Waals surface area contributed by atoms with Gasteiger partial charge < -0.3 is 10.2 Å². The maximum atomic E-state index is 13.2. The van der Waals surface area contributed by atoms with Crippen molar-refractivity contribution < 1.29 is 22.8 Å². The second-order valence-electron chi connectivity index (χ2n) is 7.80. The first-order valence-corrected chi connectivity index (χ1v) is 8.68. The van der Waals surface area contributed by atoms with Crippen LogP contribution in [0.15, 0.2) is 24.3 Å². The van der Waals surface area contributed by atoms with E-state index < -0.39 is 23.2 Å². The van der Waals surface area contributed by atoms with Crippen molar-refractivity contribution in [1.29, 1.82) is 0 Å². The lowest BCUT2D eigenvalue weighted by Gasteiger charge is -2.29. The van der Waals surface area contributed by atoms with Gasteiger partial charge in [0.2, 0.25) is 11.8 Å². The summed E-state index contributed by atoms with van der Waals surface area (Å²) in [5.74, 6) is -0.633. The van der Waals surface area contributed by atoms with E-state index in [2.05, 4.69) is 5.32 Å². The molecule has 7 heteroatoms. The number of benzene rings is 1. The normalized spacial score (nSPS) is 16.1. The standard InChI is InChI=1S/C19H25F3N2O2/c1-12(23-17(26)18(2,3)4)16(25)24(14-9-10-14)11-13-7-5-6-8-15(13)19(20,21)22/h5-8,12,14H,9-11H2,1-4H3,(H,23,26). The first kappa shape index (κ1) is 20.3. The van der Waals surface area contributed by atoms with Gasteiger partial charge in [0.1, 0.15) is 6.04 Å². The van der Waals surface area contributed by atoms with Crippen LogP contribution in [0.1, 0.15) is 51.7 Å². The lowest BCUT2D eigenvalue weighted by Crippen LogP contribution is -2.50. The Morgan fingerprint density at radius 3 is 2.27 bits per heavy atom. The Kier molecular flexibility index (Phi) is 5.68. The molecule has 0 aliphatic heterocycles. The summed E-state index contributed by atoms with van der Waals surface area (Å²) < 4.78 is 39.7. The van der Waals surface area contributed by atoms with Gasteiger partial charge in [0, 0.05) is 18.0 Å². The Hall–Kier alpha value is -2.05. The van der Waals surface area contributed by atoms with Crippen molar-refractivity contribution in [2.75, 3.05) is 0 Å². The summed E-state index contributed by atoms with van der Waals surface area (Å²) in [6.45, 7) is 6.65. The number of nitrogens with one attached hydrogen (secondary N) is 1. The van der Waals surface area contributed by atoms with Crippen molar-refractivity contribution in [2.24, 2.45) is 5.41 Å². The van der Waals surface area contributed by atoms with Gasteiger partial charge in [-0.05, 0) is 31.4 Å². The number of carbonyl (C=O) groups is 2. The second-order valence-corrected chi connectivity index (χ2v) is 7.80. The van der Waals surface area contributed by atoms with E-state index in [-0.39, 0.29) is 30.0 Å². The molecule has 0 heterocycles. The first-order chi connectivity index (χ1) is 11.9. The van der Waals surface area contributed by atoms with Gasteiger partial charge in [-0.25, -0.2) is 0 Å². The number of hydrogen-bond acceptors (Lipinski definition) is 2. The third-order valence-electron chi connectivity index (χ3n) is 4.33. The highest BCUT2D eigenvalue weighted by Gasteiger charge is 2.38. The molecule has 2 rings (SSSR count). The molecule has 1 unspecified atom stereocenters. The Morgan fingerprint density at radius 2 is 1.77 bits per heavy atom. The van der Waals surface area contributed by atoms with Gasteiger partial charge in [0.15, 0.2) is 0 Å². The van der Waals surface area contributed by atoms with Crippen LogP contribution in [0.2, 0.25) is 0 Å². The molecule has 0 spiro atoms. The highest BCUT2D eigenvalue weighted by Crippen LogP contribution is 2.35. The summed E-state index contributed by atoms with van der Waals surface area (Å²) in [4.78, 5) is 26.3. The predicted octanol–water partition coefficient (Wildman–Crippen LogP) is 3.75. The minimum absolute atomic E-state index is 0.0644. The molecular weight excluding hydrogens is 345 g/mol. The molecule has 26 heavy (non-hydrogen) atoms. The summed E-state index contributed by atoms with van der Waals surface area (Å²) in [6.07, 6.45) is -2.94. The van der Waals surface area contributed by atoms with Crippen molar-refractivity contribution in [3.63, 3.8) is 0 Å². The smallest absolute Gasteiger partial charge is 0.344 e. The zero-order valence-corrected chi connectivity index (χ0v) is 15.5. The molecule has 1 fully saturated rings. The Bertz CT molecular complexity index is 676. The van der Waals surface area contributed by atoms with Crippen LogP contribution in [0, 0.1) is 5.41 Å². The van der Waals surface area contributed by atoms with Gasteiger partial charge in [0.05, 0.1) is 5.56 Å². The molecule has 1 aromatic carbocycles. The minimum atomic E-state index is -4.47. The van der Waals surface area contributed by atoms with Crippen LogP contribution in [-0.2, 0) is 22.3 Å². The van der Waals surface area contributed by atoms with E-state index in [0.29, 0.717) is 0 Å². The molecule has 1 atom stereocenters. The van der Waals surface area contributed by atoms with Crippen LogP contribution in [0.3, 0.4) is 0 Å². The molecule has 0 radical (unpaired) electrons. The summed E-state index contributed by atoms with van der Waals surface area (Å²) in [5, 5.41) is 2.66. The average Bonchev–Trinajstić information content (AvgIpc) is 3.35. The number of halogens is 3. The SMILES string of the molecule is CC(NC(=O)C(C)(C)C)C(=O)N(Cc1ccccc1C(F)(F)F)C1CC1. The van der Waals surface area contributed by atoms with E-state index >= 15 is 0 Å². The predicted molar refractivity (Wildman–Crippen MR) is 92.1 cm³/mol. The Labute approximate surface area is 151 Å². The highest BCUT2D eigenvalue weighted by atomic mass is 19.4. The van der Waals surface area contributed by atoms with Gasteiger partial charge in [0.25, 0.3) is 0 Å². The topological polar surface area (TPSA) is 49.4 Å². The van der Waals surface area contributed by atoms with Crippen LogP contribution in [0.25, 0.3) is 0 Å². The first-order valence-electron chi connectivity index (χ1n) is 8.68. The van der Waals surface area contributed by atoms with Gasteiger partial charge >= 0.3 is 6.18 Å². The quantitative estimate of drug-likeness (QED) is 0.858.